The summed E-state index contributed by atoms with van der Waals surface area (Å²) in [4.78, 5) is 44.5. The van der Waals surface area contributed by atoms with Crippen LogP contribution in [0.25, 0.3) is 0 Å². The van der Waals surface area contributed by atoms with Crippen molar-refractivity contribution in [2.75, 3.05) is 32.6 Å². The highest BCUT2D eigenvalue weighted by molar-refractivity contribution is 7.89. The molecule has 0 aliphatic heterocycles. The molecule has 0 saturated heterocycles. The molecule has 3 rings (SSSR count). The third-order valence-electron chi connectivity index (χ3n) is 8.24. The number of nitrogens with one attached hydrogen (secondary N) is 3. The lowest BCUT2D eigenvalue weighted by molar-refractivity contribution is -0.125. The molecular weight excluding hydrogens is 711 g/mol. The van der Waals surface area contributed by atoms with E-state index in [1.54, 1.807) is 12.4 Å². The van der Waals surface area contributed by atoms with Gasteiger partial charge in [-0.15, -0.1) is 11.3 Å². The number of urea groups is 1. The zero-order valence-corrected chi connectivity index (χ0v) is 31.9. The van der Waals surface area contributed by atoms with Crippen LogP contribution >= 0.6 is 11.3 Å². The molecule has 0 aliphatic carbocycles. The first kappa shape index (κ1) is 41.8. The number of oxime groups is 1. The molecule has 3 aromatic rings. The molecule has 0 spiro atoms. The number of hydrogen-bond donors (Lipinski definition) is 5. The van der Waals surface area contributed by atoms with Gasteiger partial charge < -0.3 is 30.6 Å². The van der Waals surface area contributed by atoms with E-state index in [9.17, 15) is 27.9 Å². The van der Waals surface area contributed by atoms with E-state index in [1.165, 1.54) is 58.1 Å². The number of aliphatic hydroxyl groups excluding tert-OH is 1. The topological polar surface area (TPSA) is 203 Å². The van der Waals surface area contributed by atoms with Crippen LogP contribution in [0.3, 0.4) is 0 Å². The van der Waals surface area contributed by atoms with Crippen LogP contribution in [0.15, 0.2) is 70.0 Å². The van der Waals surface area contributed by atoms with Crippen molar-refractivity contribution >= 4 is 50.7 Å². The molecule has 1 aromatic heterocycles. The number of carbonyl (C=O) groups excluding carboxylic acids is 3. The Morgan fingerprint density at radius 1 is 1.04 bits per heavy atom. The second kappa shape index (κ2) is 19.9. The number of rotatable bonds is 18. The summed E-state index contributed by atoms with van der Waals surface area (Å²) in [6.45, 7) is 7.31. The molecule has 284 valence electrons. The van der Waals surface area contributed by atoms with Crippen molar-refractivity contribution in [1.29, 1.82) is 0 Å². The van der Waals surface area contributed by atoms with Crippen molar-refractivity contribution in [2.24, 2.45) is 17.0 Å². The monoisotopic (exact) mass is 759 g/mol. The number of amides is 4. The summed E-state index contributed by atoms with van der Waals surface area (Å²) in [5.74, 6) is -0.931. The highest BCUT2D eigenvalue weighted by atomic mass is 32.2. The summed E-state index contributed by atoms with van der Waals surface area (Å²) in [7, 11) is -1.30. The number of aromatic nitrogens is 1. The molecule has 0 aliphatic rings. The molecular formula is C35H49N7O8S2. The zero-order chi connectivity index (χ0) is 38.4. The molecule has 0 unspecified atom stereocenters. The highest BCUT2D eigenvalue weighted by Crippen LogP contribution is 2.21. The quantitative estimate of drug-likeness (QED) is 0.0718. The normalized spacial score (nSPS) is 14.1. The number of hydrogen-bond acceptors (Lipinski definition) is 11. The van der Waals surface area contributed by atoms with Crippen LogP contribution in [0.4, 0.5) is 14.7 Å². The van der Waals surface area contributed by atoms with E-state index >= 15 is 0 Å². The van der Waals surface area contributed by atoms with Gasteiger partial charge in [0.25, 0.3) is 0 Å². The van der Waals surface area contributed by atoms with Gasteiger partial charge in [-0.25, -0.2) is 23.0 Å². The Balaban J connectivity index is 1.83. The minimum absolute atomic E-state index is 0.00338. The molecule has 4 amide bonds. The summed E-state index contributed by atoms with van der Waals surface area (Å²) < 4.78 is 33.5. The van der Waals surface area contributed by atoms with Gasteiger partial charge in [-0.2, -0.15) is 4.31 Å². The Morgan fingerprint density at radius 3 is 2.31 bits per heavy atom. The van der Waals surface area contributed by atoms with Crippen molar-refractivity contribution in [3.8, 4) is 0 Å². The van der Waals surface area contributed by atoms with Crippen molar-refractivity contribution in [1.82, 2.24) is 24.8 Å². The second-order valence-electron chi connectivity index (χ2n) is 12.8. The lowest BCUT2D eigenvalue weighted by Gasteiger charge is -2.33. The number of ether oxygens (including phenoxy) is 1. The van der Waals surface area contributed by atoms with E-state index in [1.807, 2.05) is 58.0 Å². The van der Waals surface area contributed by atoms with Gasteiger partial charge in [0.1, 0.15) is 6.04 Å². The number of benzene rings is 2. The van der Waals surface area contributed by atoms with Crippen molar-refractivity contribution in [3.63, 3.8) is 0 Å². The van der Waals surface area contributed by atoms with E-state index in [0.717, 1.165) is 5.56 Å². The highest BCUT2D eigenvalue weighted by Gasteiger charge is 2.34. The summed E-state index contributed by atoms with van der Waals surface area (Å²) in [6, 6.07) is 12.5. The second-order valence-corrected chi connectivity index (χ2v) is 15.6. The number of thiazole rings is 1. The lowest BCUT2D eigenvalue weighted by atomic mass is 9.96. The molecule has 0 saturated carbocycles. The van der Waals surface area contributed by atoms with Crippen LogP contribution in [0.2, 0.25) is 0 Å². The van der Waals surface area contributed by atoms with E-state index in [-0.39, 0.29) is 42.8 Å². The van der Waals surface area contributed by atoms with Crippen LogP contribution in [0.5, 0.6) is 0 Å². The number of anilines is 1. The van der Waals surface area contributed by atoms with Crippen LogP contribution < -0.4 is 16.0 Å². The fourth-order valence-corrected chi connectivity index (χ4v) is 7.52. The summed E-state index contributed by atoms with van der Waals surface area (Å²) in [5, 5.41) is 33.7. The first-order valence-corrected chi connectivity index (χ1v) is 19.1. The minimum atomic E-state index is -4.09. The fourth-order valence-electron chi connectivity index (χ4n) is 5.21. The van der Waals surface area contributed by atoms with E-state index < -0.39 is 46.2 Å². The first-order valence-electron chi connectivity index (χ1n) is 16.8. The molecule has 0 fully saturated rings. The smallest absolute Gasteiger partial charge is 0.413 e. The third-order valence-corrected chi connectivity index (χ3v) is 10.9. The van der Waals surface area contributed by atoms with Crippen molar-refractivity contribution < 1.29 is 37.9 Å². The first-order chi connectivity index (χ1) is 24.7. The SMILES string of the molecule is CC[C@H](C)[C@H](NC(=O)N(C)Cc1csc(NC(=O)OC)n1)C(=O)N[C@@H](Cc1ccccc1)[C@H](O)CN(CC(C)C)S(=O)(=O)c1ccc(C=NO)cc1. The molecule has 5 N–H and O–H groups in total. The third kappa shape index (κ3) is 12.3. The summed E-state index contributed by atoms with van der Waals surface area (Å²) in [6.07, 6.45) is -0.0947. The van der Waals surface area contributed by atoms with Gasteiger partial charge in [0.05, 0.1) is 42.6 Å². The number of methoxy groups -OCH3 is 1. The minimum Gasteiger partial charge on any atom is -0.453 e. The van der Waals surface area contributed by atoms with Gasteiger partial charge >= 0.3 is 12.1 Å². The van der Waals surface area contributed by atoms with E-state index in [0.29, 0.717) is 22.8 Å². The summed E-state index contributed by atoms with van der Waals surface area (Å²) in [5.41, 5.74) is 1.82. The molecule has 0 radical (unpaired) electrons. The molecule has 2 aromatic carbocycles. The van der Waals surface area contributed by atoms with Gasteiger partial charge in [-0.05, 0) is 41.5 Å². The van der Waals surface area contributed by atoms with Crippen LogP contribution in [0, 0.1) is 11.8 Å². The molecule has 0 bridgehead atoms. The van der Waals surface area contributed by atoms with Crippen molar-refractivity contribution in [3.05, 3.63) is 76.8 Å². The van der Waals surface area contributed by atoms with Gasteiger partial charge in [0.2, 0.25) is 15.9 Å². The summed E-state index contributed by atoms with van der Waals surface area (Å²) >= 11 is 1.17. The maximum Gasteiger partial charge on any atom is 0.413 e. The average molecular weight is 760 g/mol. The maximum atomic E-state index is 14.0. The lowest BCUT2D eigenvalue weighted by Crippen LogP contribution is -2.58. The number of aliphatic hydroxyl groups is 1. The number of nitrogens with zero attached hydrogens (tertiary/aromatic N) is 4. The molecule has 17 heteroatoms. The molecule has 52 heavy (non-hydrogen) atoms. The van der Waals surface area contributed by atoms with E-state index in [4.69, 9.17) is 5.21 Å². The molecule has 4 atom stereocenters. The largest absolute Gasteiger partial charge is 0.453 e. The van der Waals surface area contributed by atoms with Gasteiger partial charge in [-0.1, -0.05) is 81.7 Å². The average Bonchev–Trinajstić information content (AvgIpc) is 3.56. The Kier molecular flexibility index (Phi) is 16.0. The van der Waals surface area contributed by atoms with Crippen LogP contribution in [-0.2, 0) is 32.5 Å². The number of carbonyl (C=O) groups is 3. The van der Waals surface area contributed by atoms with Crippen LogP contribution in [-0.4, -0.2) is 103 Å². The van der Waals surface area contributed by atoms with Gasteiger partial charge in [0, 0.05) is 25.5 Å². The Morgan fingerprint density at radius 2 is 1.71 bits per heavy atom. The standard InChI is InChI=1S/C35H49N7O8S2/c1-7-24(4)31(39-34(45)41(5)20-27-22-51-33(37-27)40-35(46)50-6)32(44)38-29(17-25-11-9-8-10-12-25)30(43)21-42(19-23(2)3)52(48,49)28-15-13-26(14-16-28)18-36-47/h8-16,18,22-24,29-31,43,47H,7,17,19-21H2,1-6H3,(H,38,44)(H,39,45)(H,37,40,46)/t24-,29-,30+,31-/m0/s1. The maximum absolute atomic E-state index is 14.0. The van der Waals surface area contributed by atoms with Gasteiger partial charge in [-0.3, -0.25) is 10.1 Å². The predicted molar refractivity (Wildman–Crippen MR) is 199 cm³/mol. The molecule has 1 heterocycles. The van der Waals surface area contributed by atoms with E-state index in [2.05, 4.69) is 30.8 Å². The Bertz CT molecular complexity index is 1740. The zero-order valence-electron chi connectivity index (χ0n) is 30.2. The predicted octanol–water partition coefficient (Wildman–Crippen LogP) is 4.12. The van der Waals surface area contributed by atoms with Crippen molar-refractivity contribution in [2.45, 2.75) is 70.2 Å². The molecule has 15 nitrogen and oxygen atoms in total. The Labute approximate surface area is 309 Å². The Hall–Kier alpha value is -4.58. The fraction of sp³-hybridized carbons (Fsp3) is 0.457. The van der Waals surface area contributed by atoms with Gasteiger partial charge in [0.15, 0.2) is 5.13 Å². The number of sulfonamides is 1. The van der Waals surface area contributed by atoms with Crippen LogP contribution in [0.1, 0.15) is 50.9 Å².